The summed E-state index contributed by atoms with van der Waals surface area (Å²) in [5.74, 6) is -1.36. The smallest absolute Gasteiger partial charge is 0.337 e. The van der Waals surface area contributed by atoms with Crippen LogP contribution in [0.2, 0.25) is 0 Å². The number of carboxylic acid groups (broad SMARTS) is 1. The van der Waals surface area contributed by atoms with E-state index in [1.54, 1.807) is 17.0 Å². The van der Waals surface area contributed by atoms with Crippen LogP contribution < -0.4 is 11.1 Å². The molecule has 1 atom stereocenters. The molecule has 0 bridgehead atoms. The normalized spacial score (nSPS) is 21.0. The summed E-state index contributed by atoms with van der Waals surface area (Å²) in [6.45, 7) is 2.91. The monoisotopic (exact) mass is 385 g/mol. The molecule has 7 heteroatoms. The Balaban J connectivity index is 1.66. The van der Waals surface area contributed by atoms with Crippen molar-refractivity contribution in [1.29, 1.82) is 0 Å². The molecular formula is C21H27N3O4. The first kappa shape index (κ1) is 20.1. The zero-order valence-electron chi connectivity index (χ0n) is 15.9. The number of likely N-dealkylation sites (tertiary alicyclic amines) is 1. The Kier molecular flexibility index (Phi) is 6.46. The summed E-state index contributed by atoms with van der Waals surface area (Å²) in [7, 11) is 0. The topological polar surface area (TPSA) is 113 Å². The number of ketones is 1. The van der Waals surface area contributed by atoms with Crippen LogP contribution in [-0.4, -0.2) is 53.8 Å². The zero-order chi connectivity index (χ0) is 20.1. The maximum atomic E-state index is 12.9. The molecule has 0 unspecified atom stereocenters. The van der Waals surface area contributed by atoms with E-state index < -0.39 is 5.97 Å². The van der Waals surface area contributed by atoms with Gasteiger partial charge in [0, 0.05) is 24.6 Å². The van der Waals surface area contributed by atoms with Crippen molar-refractivity contribution in [3.05, 3.63) is 41.5 Å². The quantitative estimate of drug-likeness (QED) is 0.406. The number of hydrogen-bond acceptors (Lipinski definition) is 5. The van der Waals surface area contributed by atoms with Crippen LogP contribution >= 0.6 is 0 Å². The lowest BCUT2D eigenvalue weighted by Gasteiger charge is -2.31. The van der Waals surface area contributed by atoms with Gasteiger partial charge in [0.05, 0.1) is 11.3 Å². The second-order valence-electron chi connectivity index (χ2n) is 7.51. The first-order chi connectivity index (χ1) is 13.5. The molecule has 0 radical (unpaired) electrons. The van der Waals surface area contributed by atoms with Crippen molar-refractivity contribution in [2.24, 2.45) is 11.8 Å². The number of carbonyl (C=O) groups is 3. The summed E-state index contributed by atoms with van der Waals surface area (Å²) < 4.78 is 0. The summed E-state index contributed by atoms with van der Waals surface area (Å²) in [6, 6.07) is 4.47. The van der Waals surface area contributed by atoms with Crippen molar-refractivity contribution in [2.75, 3.05) is 31.9 Å². The molecule has 7 nitrogen and oxygen atoms in total. The Morgan fingerprint density at radius 3 is 2.57 bits per heavy atom. The van der Waals surface area contributed by atoms with Crippen LogP contribution in [-0.2, 0) is 4.79 Å². The number of para-hydroxylation sites is 1. The average molecular weight is 385 g/mol. The third kappa shape index (κ3) is 4.59. The van der Waals surface area contributed by atoms with Crippen molar-refractivity contribution in [3.63, 3.8) is 0 Å². The third-order valence-corrected chi connectivity index (χ3v) is 5.60. The summed E-state index contributed by atoms with van der Waals surface area (Å²) in [5.41, 5.74) is 6.07. The lowest BCUT2D eigenvalue weighted by atomic mass is 9.88. The van der Waals surface area contributed by atoms with E-state index in [-0.39, 0.29) is 34.4 Å². The lowest BCUT2D eigenvalue weighted by Crippen LogP contribution is -2.41. The fourth-order valence-corrected chi connectivity index (χ4v) is 3.94. The van der Waals surface area contributed by atoms with Crippen molar-refractivity contribution in [1.82, 2.24) is 10.2 Å². The third-order valence-electron chi connectivity index (χ3n) is 5.60. The molecule has 1 aromatic rings. The Morgan fingerprint density at radius 1 is 1.14 bits per heavy atom. The summed E-state index contributed by atoms with van der Waals surface area (Å²) in [5, 5.41) is 12.5. The van der Waals surface area contributed by atoms with E-state index in [0.717, 1.165) is 32.4 Å². The highest BCUT2D eigenvalue weighted by atomic mass is 16.4. The number of anilines is 1. The second-order valence-corrected chi connectivity index (χ2v) is 7.51. The Labute approximate surface area is 164 Å². The molecule has 0 saturated carbocycles. The van der Waals surface area contributed by atoms with Crippen molar-refractivity contribution < 1.29 is 19.5 Å². The molecular weight excluding hydrogens is 358 g/mol. The van der Waals surface area contributed by atoms with Crippen LogP contribution in [0.1, 0.15) is 46.4 Å². The number of hydrogen-bond donors (Lipinski definition) is 3. The van der Waals surface area contributed by atoms with Crippen LogP contribution in [0.4, 0.5) is 5.69 Å². The first-order valence-electron chi connectivity index (χ1n) is 9.81. The van der Waals surface area contributed by atoms with Gasteiger partial charge in [-0.15, -0.1) is 0 Å². The van der Waals surface area contributed by atoms with Gasteiger partial charge >= 0.3 is 5.97 Å². The van der Waals surface area contributed by atoms with E-state index in [1.807, 2.05) is 6.08 Å². The molecule has 0 spiro atoms. The van der Waals surface area contributed by atoms with Crippen LogP contribution in [0.3, 0.4) is 0 Å². The van der Waals surface area contributed by atoms with Gasteiger partial charge < -0.3 is 21.1 Å². The second kappa shape index (κ2) is 9.01. The number of nitrogens with two attached hydrogens (primary N) is 1. The van der Waals surface area contributed by atoms with E-state index in [4.69, 9.17) is 5.73 Å². The molecule has 2 aliphatic rings. The maximum Gasteiger partial charge on any atom is 0.337 e. The number of Topliss-reactive ketones (excluding diaryl/α,β-unsaturated/α-hetero) is 1. The Morgan fingerprint density at radius 2 is 1.86 bits per heavy atom. The fraction of sp³-hybridized carbons (Fsp3) is 0.476. The van der Waals surface area contributed by atoms with Gasteiger partial charge in [0.2, 0.25) is 5.91 Å². The molecule has 2 heterocycles. The van der Waals surface area contributed by atoms with Crippen LogP contribution in [0.5, 0.6) is 0 Å². The number of amides is 1. The minimum absolute atomic E-state index is 0.00532. The van der Waals surface area contributed by atoms with Gasteiger partial charge in [0.25, 0.3) is 0 Å². The summed E-state index contributed by atoms with van der Waals surface area (Å²) >= 11 is 0. The Bertz CT molecular complexity index is 784. The molecule has 3 rings (SSSR count). The molecule has 0 aromatic heterocycles. The molecule has 150 valence electrons. The van der Waals surface area contributed by atoms with Gasteiger partial charge in [-0.05, 0) is 62.9 Å². The number of rotatable bonds is 5. The van der Waals surface area contributed by atoms with Crippen LogP contribution in [0, 0.1) is 11.8 Å². The zero-order valence-corrected chi connectivity index (χ0v) is 15.9. The van der Waals surface area contributed by atoms with E-state index in [9.17, 15) is 19.5 Å². The maximum absolute atomic E-state index is 12.9. The van der Waals surface area contributed by atoms with Crippen molar-refractivity contribution >= 4 is 23.3 Å². The van der Waals surface area contributed by atoms with Gasteiger partial charge in [0.1, 0.15) is 0 Å². The van der Waals surface area contributed by atoms with Gasteiger partial charge in [-0.2, -0.15) is 0 Å². The molecule has 0 aliphatic carbocycles. The fourth-order valence-electron chi connectivity index (χ4n) is 3.94. The number of nitrogens with one attached hydrogen (secondary N) is 1. The predicted molar refractivity (Wildman–Crippen MR) is 106 cm³/mol. The number of carboxylic acids is 1. The van der Waals surface area contributed by atoms with Crippen molar-refractivity contribution in [2.45, 2.75) is 25.7 Å². The standard InChI is InChI=1S/C21H27N3O4/c22-19-16(4-1-5-17(19)21(27)28)20(26)15-3-2-12-24(13-15)18(25)7-6-14-8-10-23-11-9-14/h1,4-7,14-15,23H,2-3,8-13,22H2,(H,27,28)/t15-/m1/s1. The number of allylic oxidation sites excluding steroid dienone is 1. The van der Waals surface area contributed by atoms with Gasteiger partial charge in [-0.1, -0.05) is 12.1 Å². The van der Waals surface area contributed by atoms with Gasteiger partial charge in [-0.3, -0.25) is 9.59 Å². The molecule has 2 fully saturated rings. The largest absolute Gasteiger partial charge is 0.478 e. The van der Waals surface area contributed by atoms with E-state index in [0.29, 0.717) is 25.4 Å². The number of piperidine rings is 2. The summed E-state index contributed by atoms with van der Waals surface area (Å²) in [4.78, 5) is 38.5. The van der Waals surface area contributed by atoms with Gasteiger partial charge in [-0.25, -0.2) is 4.79 Å². The van der Waals surface area contributed by atoms with E-state index in [2.05, 4.69) is 5.32 Å². The highest BCUT2D eigenvalue weighted by molar-refractivity contribution is 6.07. The van der Waals surface area contributed by atoms with Crippen LogP contribution in [0.15, 0.2) is 30.4 Å². The van der Waals surface area contributed by atoms with Gasteiger partial charge in [0.15, 0.2) is 5.78 Å². The highest BCUT2D eigenvalue weighted by Crippen LogP contribution is 2.26. The highest BCUT2D eigenvalue weighted by Gasteiger charge is 2.30. The molecule has 28 heavy (non-hydrogen) atoms. The first-order valence-corrected chi connectivity index (χ1v) is 9.81. The minimum Gasteiger partial charge on any atom is -0.478 e. The number of nitrogen functional groups attached to an aromatic ring is 1. The van der Waals surface area contributed by atoms with E-state index >= 15 is 0 Å². The molecule has 1 amide bonds. The Hall–Kier alpha value is -2.67. The van der Waals surface area contributed by atoms with Crippen LogP contribution in [0.25, 0.3) is 0 Å². The summed E-state index contributed by atoms with van der Waals surface area (Å²) in [6.07, 6.45) is 7.10. The lowest BCUT2D eigenvalue weighted by molar-refractivity contribution is -0.127. The molecule has 4 N–H and O–H groups in total. The number of aromatic carboxylic acids is 1. The average Bonchev–Trinajstić information content (AvgIpc) is 2.72. The molecule has 2 saturated heterocycles. The number of benzene rings is 1. The predicted octanol–water partition coefficient (Wildman–Crippen LogP) is 1.94. The van der Waals surface area contributed by atoms with Crippen molar-refractivity contribution in [3.8, 4) is 0 Å². The van der Waals surface area contributed by atoms with E-state index in [1.165, 1.54) is 12.1 Å². The number of nitrogens with zero attached hydrogens (tertiary/aromatic N) is 1. The molecule has 1 aromatic carbocycles. The molecule has 2 aliphatic heterocycles. The number of carbonyl (C=O) groups excluding carboxylic acids is 2. The minimum atomic E-state index is -1.16. The SMILES string of the molecule is Nc1c(C(=O)O)cccc1C(=O)[C@@H]1CCCN(C(=O)C=CC2CCNCC2)C1.